The number of hydrogen-bond acceptors (Lipinski definition) is 3. The number of anilines is 1. The highest BCUT2D eigenvalue weighted by Crippen LogP contribution is 2.33. The molecule has 1 fully saturated rings. The summed E-state index contributed by atoms with van der Waals surface area (Å²) in [5, 5.41) is 9.35. The van der Waals surface area contributed by atoms with Gasteiger partial charge in [0.25, 0.3) is 0 Å². The SMILES string of the molecule is CC(N)c1cccc(F)c1N(CCO)C1CCCCC1. The van der Waals surface area contributed by atoms with E-state index in [0.29, 0.717) is 18.3 Å². The molecule has 2 rings (SSSR count). The van der Waals surface area contributed by atoms with E-state index < -0.39 is 0 Å². The van der Waals surface area contributed by atoms with Crippen molar-refractivity contribution in [1.82, 2.24) is 0 Å². The number of aliphatic hydroxyl groups excluding tert-OH is 1. The first kappa shape index (κ1) is 15.3. The minimum absolute atomic E-state index is 0.0310. The highest BCUT2D eigenvalue weighted by Gasteiger charge is 2.26. The van der Waals surface area contributed by atoms with Crippen molar-refractivity contribution in [2.45, 2.75) is 51.1 Å². The Morgan fingerprint density at radius 2 is 2.05 bits per heavy atom. The van der Waals surface area contributed by atoms with Gasteiger partial charge in [0.2, 0.25) is 0 Å². The van der Waals surface area contributed by atoms with Gasteiger partial charge in [-0.25, -0.2) is 4.39 Å². The number of nitrogens with two attached hydrogens (primary N) is 1. The third-order valence-corrected chi connectivity index (χ3v) is 4.15. The minimum atomic E-state index is -0.237. The topological polar surface area (TPSA) is 49.5 Å². The van der Waals surface area contributed by atoms with Crippen molar-refractivity contribution in [1.29, 1.82) is 0 Å². The standard InChI is InChI=1S/C16H25FN2O/c1-12(18)14-8-5-9-15(17)16(14)19(10-11-20)13-6-3-2-4-7-13/h5,8-9,12-13,20H,2-4,6-7,10-11,18H2,1H3. The van der Waals surface area contributed by atoms with Crippen LogP contribution in [0, 0.1) is 5.82 Å². The van der Waals surface area contributed by atoms with Crippen LogP contribution in [0.5, 0.6) is 0 Å². The molecule has 3 nitrogen and oxygen atoms in total. The molecule has 0 radical (unpaired) electrons. The molecule has 0 aromatic heterocycles. The monoisotopic (exact) mass is 280 g/mol. The molecule has 1 aliphatic carbocycles. The molecule has 112 valence electrons. The molecule has 1 unspecified atom stereocenters. The van der Waals surface area contributed by atoms with Crippen molar-refractivity contribution in [3.8, 4) is 0 Å². The first-order valence-corrected chi connectivity index (χ1v) is 7.56. The Labute approximate surface area is 120 Å². The van der Waals surface area contributed by atoms with Crippen molar-refractivity contribution in [2.24, 2.45) is 5.73 Å². The Bertz CT molecular complexity index is 430. The van der Waals surface area contributed by atoms with E-state index in [0.717, 1.165) is 18.4 Å². The van der Waals surface area contributed by atoms with Gasteiger partial charge >= 0.3 is 0 Å². The van der Waals surface area contributed by atoms with Gasteiger partial charge in [0, 0.05) is 18.6 Å². The third-order valence-electron chi connectivity index (χ3n) is 4.15. The number of benzene rings is 1. The van der Waals surface area contributed by atoms with Gasteiger partial charge in [0.1, 0.15) is 5.82 Å². The van der Waals surface area contributed by atoms with Crippen molar-refractivity contribution in [2.75, 3.05) is 18.1 Å². The smallest absolute Gasteiger partial charge is 0.146 e. The molecule has 1 aromatic carbocycles. The predicted molar refractivity (Wildman–Crippen MR) is 80.3 cm³/mol. The fraction of sp³-hybridized carbons (Fsp3) is 0.625. The van der Waals surface area contributed by atoms with Gasteiger partial charge in [-0.05, 0) is 31.4 Å². The first-order valence-electron chi connectivity index (χ1n) is 7.56. The molecule has 0 amide bonds. The fourth-order valence-corrected chi connectivity index (χ4v) is 3.18. The van der Waals surface area contributed by atoms with Crippen molar-refractivity contribution < 1.29 is 9.50 Å². The lowest BCUT2D eigenvalue weighted by molar-refractivity contribution is 0.289. The highest BCUT2D eigenvalue weighted by atomic mass is 19.1. The van der Waals surface area contributed by atoms with E-state index in [9.17, 15) is 9.50 Å². The summed E-state index contributed by atoms with van der Waals surface area (Å²) in [7, 11) is 0. The Balaban J connectivity index is 2.37. The van der Waals surface area contributed by atoms with E-state index in [-0.39, 0.29) is 18.5 Å². The number of aliphatic hydroxyl groups is 1. The third kappa shape index (κ3) is 3.30. The molecule has 3 N–H and O–H groups in total. The quantitative estimate of drug-likeness (QED) is 0.871. The zero-order valence-corrected chi connectivity index (χ0v) is 12.2. The summed E-state index contributed by atoms with van der Waals surface area (Å²) >= 11 is 0. The molecule has 0 heterocycles. The number of para-hydroxylation sites is 1. The lowest BCUT2D eigenvalue weighted by Crippen LogP contribution is -2.40. The predicted octanol–water partition coefficient (Wildman–Crippen LogP) is 2.98. The average molecular weight is 280 g/mol. The molecule has 0 bridgehead atoms. The van der Waals surface area contributed by atoms with Crippen LogP contribution in [0.2, 0.25) is 0 Å². The molecule has 1 aliphatic rings. The zero-order valence-electron chi connectivity index (χ0n) is 12.2. The van der Waals surface area contributed by atoms with Crippen LogP contribution >= 0.6 is 0 Å². The molecular weight excluding hydrogens is 255 g/mol. The fourth-order valence-electron chi connectivity index (χ4n) is 3.18. The molecule has 4 heteroatoms. The van der Waals surface area contributed by atoms with Gasteiger partial charge < -0.3 is 15.7 Å². The van der Waals surface area contributed by atoms with Gasteiger partial charge in [-0.15, -0.1) is 0 Å². The molecule has 0 saturated heterocycles. The second-order valence-electron chi connectivity index (χ2n) is 5.68. The molecule has 1 saturated carbocycles. The maximum atomic E-state index is 14.4. The molecule has 0 aliphatic heterocycles. The summed E-state index contributed by atoms with van der Waals surface area (Å²) in [6, 6.07) is 5.16. The summed E-state index contributed by atoms with van der Waals surface area (Å²) in [5.41, 5.74) is 7.40. The number of halogens is 1. The summed E-state index contributed by atoms with van der Waals surface area (Å²) in [4.78, 5) is 2.03. The normalized spacial score (nSPS) is 18.0. The van der Waals surface area contributed by atoms with Crippen molar-refractivity contribution in [3.63, 3.8) is 0 Å². The molecule has 0 spiro atoms. The second-order valence-corrected chi connectivity index (χ2v) is 5.68. The number of rotatable bonds is 5. The van der Waals surface area contributed by atoms with Crippen LogP contribution in [0.4, 0.5) is 10.1 Å². The minimum Gasteiger partial charge on any atom is -0.395 e. The lowest BCUT2D eigenvalue weighted by Gasteiger charge is -2.37. The van der Waals surface area contributed by atoms with Crippen LogP contribution in [0.1, 0.15) is 50.6 Å². The first-order chi connectivity index (χ1) is 9.65. The van der Waals surface area contributed by atoms with Gasteiger partial charge in [0.15, 0.2) is 0 Å². The van der Waals surface area contributed by atoms with Crippen LogP contribution in [0.3, 0.4) is 0 Å². The molecule has 20 heavy (non-hydrogen) atoms. The van der Waals surface area contributed by atoms with E-state index in [1.807, 2.05) is 17.9 Å². The van der Waals surface area contributed by atoms with E-state index in [1.165, 1.54) is 25.3 Å². The summed E-state index contributed by atoms with van der Waals surface area (Å²) in [5.74, 6) is -0.237. The van der Waals surface area contributed by atoms with Gasteiger partial charge in [-0.3, -0.25) is 0 Å². The number of hydrogen-bond donors (Lipinski definition) is 2. The highest BCUT2D eigenvalue weighted by molar-refractivity contribution is 5.57. The van der Waals surface area contributed by atoms with Crippen LogP contribution in [-0.4, -0.2) is 24.3 Å². The summed E-state index contributed by atoms with van der Waals surface area (Å²) < 4.78 is 14.4. The van der Waals surface area contributed by atoms with E-state index >= 15 is 0 Å². The van der Waals surface area contributed by atoms with Crippen LogP contribution < -0.4 is 10.6 Å². The largest absolute Gasteiger partial charge is 0.395 e. The number of nitrogens with zero attached hydrogens (tertiary/aromatic N) is 1. The molecule has 1 aromatic rings. The maximum absolute atomic E-state index is 14.4. The Hall–Kier alpha value is -1.13. The summed E-state index contributed by atoms with van der Waals surface area (Å²) in [6.07, 6.45) is 5.73. The van der Waals surface area contributed by atoms with Gasteiger partial charge in [-0.2, -0.15) is 0 Å². The van der Waals surface area contributed by atoms with Crippen LogP contribution in [-0.2, 0) is 0 Å². The van der Waals surface area contributed by atoms with Crippen molar-refractivity contribution in [3.05, 3.63) is 29.6 Å². The van der Waals surface area contributed by atoms with Crippen LogP contribution in [0.25, 0.3) is 0 Å². The van der Waals surface area contributed by atoms with Crippen molar-refractivity contribution >= 4 is 5.69 Å². The summed E-state index contributed by atoms with van der Waals surface area (Å²) in [6.45, 7) is 2.37. The van der Waals surface area contributed by atoms with Gasteiger partial charge in [0.05, 0.1) is 12.3 Å². The maximum Gasteiger partial charge on any atom is 0.146 e. The zero-order chi connectivity index (χ0) is 14.5. The molecular formula is C16H25FN2O. The van der Waals surface area contributed by atoms with E-state index in [4.69, 9.17) is 5.73 Å². The lowest BCUT2D eigenvalue weighted by atomic mass is 9.92. The van der Waals surface area contributed by atoms with Gasteiger partial charge in [-0.1, -0.05) is 31.4 Å². The average Bonchev–Trinajstić information content (AvgIpc) is 2.46. The molecule has 1 atom stereocenters. The van der Waals surface area contributed by atoms with Crippen LogP contribution in [0.15, 0.2) is 18.2 Å². The van der Waals surface area contributed by atoms with E-state index in [1.54, 1.807) is 6.07 Å². The van der Waals surface area contributed by atoms with E-state index in [2.05, 4.69) is 0 Å². The second kappa shape index (κ2) is 7.04. The Morgan fingerprint density at radius 3 is 2.65 bits per heavy atom. The Morgan fingerprint density at radius 1 is 1.35 bits per heavy atom. The Kier molecular flexibility index (Phi) is 5.38.